The number of aliphatic hydroxyl groups excluding tert-OH is 1. The predicted octanol–water partition coefficient (Wildman–Crippen LogP) is 7.70. The van der Waals surface area contributed by atoms with E-state index in [1.165, 1.54) is 44.9 Å². The SMILES string of the molecule is CC(C)[C@@H](C)CC[C@@H](C)[C@H]1CC[C@H]2C3=C(CC[C@]12C)[C@@]1(C)CCC(O)CC1=CC3. The van der Waals surface area contributed by atoms with E-state index in [0.29, 0.717) is 5.41 Å². The molecule has 0 bridgehead atoms. The first-order valence-electron chi connectivity index (χ1n) is 12.8. The Balaban J connectivity index is 1.52. The van der Waals surface area contributed by atoms with Gasteiger partial charge in [0.1, 0.15) is 0 Å². The average Bonchev–Trinajstić information content (AvgIpc) is 3.03. The fraction of sp³-hybridized carbons (Fsp3) is 0.857. The van der Waals surface area contributed by atoms with Crippen molar-refractivity contribution in [3.63, 3.8) is 0 Å². The van der Waals surface area contributed by atoms with Crippen LogP contribution in [0, 0.1) is 40.4 Å². The van der Waals surface area contributed by atoms with Crippen molar-refractivity contribution in [2.45, 2.75) is 112 Å². The smallest absolute Gasteiger partial charge is 0.0578 e. The zero-order valence-electron chi connectivity index (χ0n) is 20.1. The van der Waals surface area contributed by atoms with E-state index in [1.54, 1.807) is 5.57 Å². The van der Waals surface area contributed by atoms with Gasteiger partial charge in [0.15, 0.2) is 0 Å². The molecule has 0 aliphatic heterocycles. The van der Waals surface area contributed by atoms with Gasteiger partial charge in [-0.15, -0.1) is 0 Å². The highest BCUT2D eigenvalue weighted by Crippen LogP contribution is 2.65. The van der Waals surface area contributed by atoms with Gasteiger partial charge in [0, 0.05) is 5.41 Å². The van der Waals surface area contributed by atoms with Crippen LogP contribution in [0.2, 0.25) is 0 Å². The molecule has 1 unspecified atom stereocenters. The van der Waals surface area contributed by atoms with Gasteiger partial charge in [0.2, 0.25) is 0 Å². The standard InChI is InChI=1S/C28H46O/c1-18(2)19(3)7-8-20(4)24-11-12-25-23-10-9-21-17-22(29)13-15-27(21,5)26(23)14-16-28(24,25)6/h9,18-20,22,24-25,29H,7-8,10-17H2,1-6H3/t19-,20+,22?,24+,25-,27-,28+/m0/s1. The van der Waals surface area contributed by atoms with E-state index in [1.807, 2.05) is 11.1 Å². The zero-order valence-corrected chi connectivity index (χ0v) is 20.1. The van der Waals surface area contributed by atoms with E-state index in [0.717, 1.165) is 48.9 Å². The van der Waals surface area contributed by atoms with Gasteiger partial charge in [0.25, 0.3) is 0 Å². The molecule has 2 saturated carbocycles. The summed E-state index contributed by atoms with van der Waals surface area (Å²) in [7, 11) is 0. The first-order chi connectivity index (χ1) is 13.7. The molecule has 29 heavy (non-hydrogen) atoms. The highest BCUT2D eigenvalue weighted by molar-refractivity contribution is 5.43. The van der Waals surface area contributed by atoms with Crippen molar-refractivity contribution in [1.29, 1.82) is 0 Å². The molecule has 7 atom stereocenters. The Morgan fingerprint density at radius 2 is 1.79 bits per heavy atom. The van der Waals surface area contributed by atoms with Gasteiger partial charge in [-0.2, -0.15) is 0 Å². The molecular formula is C28H46O. The summed E-state index contributed by atoms with van der Waals surface area (Å²) < 4.78 is 0. The molecule has 0 spiro atoms. The number of fused-ring (bicyclic) bond motifs is 4. The van der Waals surface area contributed by atoms with E-state index < -0.39 is 0 Å². The van der Waals surface area contributed by atoms with Crippen LogP contribution in [0.4, 0.5) is 0 Å². The Labute approximate surface area is 180 Å². The van der Waals surface area contributed by atoms with Crippen molar-refractivity contribution in [1.82, 2.24) is 0 Å². The van der Waals surface area contributed by atoms with Gasteiger partial charge in [-0.3, -0.25) is 0 Å². The summed E-state index contributed by atoms with van der Waals surface area (Å²) in [4.78, 5) is 0. The quantitative estimate of drug-likeness (QED) is 0.470. The summed E-state index contributed by atoms with van der Waals surface area (Å²) in [5, 5.41) is 10.2. The number of allylic oxidation sites excluding steroid dienone is 3. The number of hydrogen-bond donors (Lipinski definition) is 1. The molecular weight excluding hydrogens is 352 g/mol. The molecule has 0 radical (unpaired) electrons. The third kappa shape index (κ3) is 3.58. The van der Waals surface area contributed by atoms with E-state index in [4.69, 9.17) is 0 Å². The Morgan fingerprint density at radius 3 is 2.52 bits per heavy atom. The number of aliphatic hydroxyl groups is 1. The van der Waals surface area contributed by atoms with Crippen LogP contribution in [0.5, 0.6) is 0 Å². The van der Waals surface area contributed by atoms with E-state index >= 15 is 0 Å². The molecule has 0 heterocycles. The largest absolute Gasteiger partial charge is 0.393 e. The topological polar surface area (TPSA) is 20.2 Å². The summed E-state index contributed by atoms with van der Waals surface area (Å²) >= 11 is 0. The average molecular weight is 399 g/mol. The Hall–Kier alpha value is -0.560. The van der Waals surface area contributed by atoms with E-state index in [-0.39, 0.29) is 11.5 Å². The molecule has 4 aliphatic carbocycles. The van der Waals surface area contributed by atoms with E-state index in [9.17, 15) is 5.11 Å². The Morgan fingerprint density at radius 1 is 1.03 bits per heavy atom. The molecule has 4 aliphatic rings. The van der Waals surface area contributed by atoms with Crippen molar-refractivity contribution >= 4 is 0 Å². The van der Waals surface area contributed by atoms with Crippen molar-refractivity contribution in [2.75, 3.05) is 0 Å². The third-order valence-electron chi connectivity index (χ3n) is 10.4. The minimum absolute atomic E-state index is 0.102. The lowest BCUT2D eigenvalue weighted by molar-refractivity contribution is 0.0849. The second-order valence-corrected chi connectivity index (χ2v) is 12.2. The van der Waals surface area contributed by atoms with Gasteiger partial charge >= 0.3 is 0 Å². The lowest BCUT2D eigenvalue weighted by Crippen LogP contribution is -2.42. The highest BCUT2D eigenvalue weighted by atomic mass is 16.3. The summed E-state index contributed by atoms with van der Waals surface area (Å²) in [6.07, 6.45) is 15.1. The number of hydrogen-bond acceptors (Lipinski definition) is 1. The fourth-order valence-corrected chi connectivity index (χ4v) is 7.94. The van der Waals surface area contributed by atoms with Crippen LogP contribution in [0.15, 0.2) is 22.8 Å². The fourth-order valence-electron chi connectivity index (χ4n) is 7.94. The van der Waals surface area contributed by atoms with Gasteiger partial charge in [-0.05, 0) is 86.4 Å². The van der Waals surface area contributed by atoms with E-state index in [2.05, 4.69) is 47.6 Å². The molecule has 0 aromatic carbocycles. The van der Waals surface area contributed by atoms with Crippen LogP contribution in [0.3, 0.4) is 0 Å². The lowest BCUT2D eigenvalue weighted by Gasteiger charge is -2.52. The van der Waals surface area contributed by atoms with Gasteiger partial charge in [-0.1, -0.05) is 77.2 Å². The predicted molar refractivity (Wildman–Crippen MR) is 124 cm³/mol. The molecule has 1 heteroatoms. The molecule has 0 saturated heterocycles. The van der Waals surface area contributed by atoms with Crippen LogP contribution < -0.4 is 0 Å². The molecule has 1 nitrogen and oxygen atoms in total. The third-order valence-corrected chi connectivity index (χ3v) is 10.4. The van der Waals surface area contributed by atoms with Crippen LogP contribution in [0.25, 0.3) is 0 Å². The van der Waals surface area contributed by atoms with Gasteiger partial charge < -0.3 is 5.11 Å². The van der Waals surface area contributed by atoms with Gasteiger partial charge in [-0.25, -0.2) is 0 Å². The molecule has 4 rings (SSSR count). The molecule has 2 fully saturated rings. The van der Waals surface area contributed by atoms with Crippen molar-refractivity contribution in [2.24, 2.45) is 40.4 Å². The molecule has 0 aromatic heterocycles. The molecule has 1 N–H and O–H groups in total. The minimum Gasteiger partial charge on any atom is -0.393 e. The van der Waals surface area contributed by atoms with Crippen molar-refractivity contribution < 1.29 is 5.11 Å². The first kappa shape index (κ1) is 21.7. The maximum atomic E-state index is 10.2. The summed E-state index contributed by atoms with van der Waals surface area (Å²) in [5.41, 5.74) is 6.00. The Kier molecular flexibility index (Phi) is 5.86. The molecule has 0 amide bonds. The first-order valence-corrected chi connectivity index (χ1v) is 12.8. The van der Waals surface area contributed by atoms with Crippen LogP contribution >= 0.6 is 0 Å². The minimum atomic E-state index is -0.102. The van der Waals surface area contributed by atoms with Crippen LogP contribution in [-0.2, 0) is 0 Å². The summed E-state index contributed by atoms with van der Waals surface area (Å²) in [6.45, 7) is 14.9. The normalized spacial score (nSPS) is 41.5. The zero-order chi connectivity index (χ0) is 21.0. The molecule has 0 aromatic rings. The van der Waals surface area contributed by atoms with Crippen molar-refractivity contribution in [3.8, 4) is 0 Å². The van der Waals surface area contributed by atoms with Crippen LogP contribution in [-0.4, -0.2) is 11.2 Å². The maximum absolute atomic E-state index is 10.2. The number of rotatable bonds is 5. The van der Waals surface area contributed by atoms with Gasteiger partial charge in [0.05, 0.1) is 6.10 Å². The Bertz CT molecular complexity index is 684. The monoisotopic (exact) mass is 398 g/mol. The lowest BCUT2D eigenvalue weighted by atomic mass is 9.53. The highest BCUT2D eigenvalue weighted by Gasteiger charge is 2.54. The summed E-state index contributed by atoms with van der Waals surface area (Å²) in [5.74, 6) is 4.26. The summed E-state index contributed by atoms with van der Waals surface area (Å²) in [6, 6.07) is 0. The second kappa shape index (κ2) is 7.85. The van der Waals surface area contributed by atoms with Crippen LogP contribution in [0.1, 0.15) is 106 Å². The second-order valence-electron chi connectivity index (χ2n) is 12.2. The molecule has 164 valence electrons. The van der Waals surface area contributed by atoms with Crippen molar-refractivity contribution in [3.05, 3.63) is 22.8 Å². The maximum Gasteiger partial charge on any atom is 0.0578 e.